The number of aromatic nitrogens is 3. The molecule has 10 heteroatoms. The Morgan fingerprint density at radius 2 is 2.30 bits per heavy atom. The van der Waals surface area contributed by atoms with Crippen LogP contribution >= 0.6 is 34.7 Å². The Labute approximate surface area is 143 Å². The highest BCUT2D eigenvalue weighted by molar-refractivity contribution is 7.99. The molecule has 0 bridgehead atoms. The fourth-order valence-corrected chi connectivity index (χ4v) is 3.46. The minimum atomic E-state index is -0.575. The minimum Gasteiger partial charge on any atom is -0.366 e. The van der Waals surface area contributed by atoms with E-state index in [1.807, 2.05) is 0 Å². The number of nitrogens with one attached hydrogen (secondary N) is 2. The molecule has 23 heavy (non-hydrogen) atoms. The molecular formula is C13H10ClN5O2S2. The van der Waals surface area contributed by atoms with Gasteiger partial charge in [-0.05, 0) is 17.5 Å². The van der Waals surface area contributed by atoms with E-state index in [0.29, 0.717) is 31.9 Å². The van der Waals surface area contributed by atoms with Crippen molar-refractivity contribution >= 4 is 62.7 Å². The molecule has 0 spiro atoms. The Bertz CT molecular complexity index is 892. The standard InChI is InChI=1S/C13H10ClN5O2S2/c14-6-3-8-11(16-4-6)19-13(17-8)23-5-9(20)18-12-7(10(15)21)1-2-22-12/h1-4H,5H2,(H2,15,21)(H,18,20)(H,16,17,19). The molecule has 0 saturated carbocycles. The van der Waals surface area contributed by atoms with Crippen LogP contribution in [0.4, 0.5) is 5.00 Å². The smallest absolute Gasteiger partial charge is 0.251 e. The first-order valence-electron chi connectivity index (χ1n) is 6.34. The summed E-state index contributed by atoms with van der Waals surface area (Å²) >= 11 is 8.32. The van der Waals surface area contributed by atoms with Crippen LogP contribution in [0.25, 0.3) is 11.2 Å². The van der Waals surface area contributed by atoms with Crippen molar-refractivity contribution < 1.29 is 9.59 Å². The van der Waals surface area contributed by atoms with Crippen LogP contribution in [-0.4, -0.2) is 32.5 Å². The number of nitrogens with zero attached hydrogens (tertiary/aromatic N) is 2. The van der Waals surface area contributed by atoms with Gasteiger partial charge in [0.2, 0.25) is 5.91 Å². The highest BCUT2D eigenvalue weighted by Crippen LogP contribution is 2.24. The fraction of sp³-hybridized carbons (Fsp3) is 0.0769. The number of rotatable bonds is 5. The van der Waals surface area contributed by atoms with E-state index < -0.39 is 5.91 Å². The predicted octanol–water partition coefficient (Wildman–Crippen LogP) is 2.50. The number of primary amides is 1. The summed E-state index contributed by atoms with van der Waals surface area (Å²) in [7, 11) is 0. The Hall–Kier alpha value is -2.10. The molecule has 4 N–H and O–H groups in total. The molecule has 0 aliphatic rings. The first-order chi connectivity index (χ1) is 11.0. The maximum Gasteiger partial charge on any atom is 0.251 e. The molecule has 3 aromatic rings. The van der Waals surface area contributed by atoms with Gasteiger partial charge in [0.25, 0.3) is 5.91 Å². The number of anilines is 1. The number of carbonyl (C=O) groups is 2. The van der Waals surface area contributed by atoms with E-state index >= 15 is 0 Å². The first-order valence-corrected chi connectivity index (χ1v) is 8.58. The Morgan fingerprint density at radius 3 is 3.09 bits per heavy atom. The summed E-state index contributed by atoms with van der Waals surface area (Å²) in [6.07, 6.45) is 1.51. The monoisotopic (exact) mass is 367 g/mol. The molecule has 7 nitrogen and oxygen atoms in total. The summed E-state index contributed by atoms with van der Waals surface area (Å²) in [5, 5.41) is 5.87. The average molecular weight is 368 g/mol. The number of imidazole rings is 1. The number of halogens is 1. The van der Waals surface area contributed by atoms with Gasteiger partial charge in [-0.15, -0.1) is 11.3 Å². The number of nitrogens with two attached hydrogens (primary N) is 1. The predicted molar refractivity (Wildman–Crippen MR) is 91.1 cm³/mol. The SMILES string of the molecule is NC(=O)c1ccsc1NC(=O)CSc1nc2ncc(Cl)cc2[nH]1. The third-order valence-electron chi connectivity index (χ3n) is 2.81. The number of thioether (sulfide) groups is 1. The summed E-state index contributed by atoms with van der Waals surface area (Å²) in [6, 6.07) is 3.29. The fourth-order valence-electron chi connectivity index (χ4n) is 1.82. The molecule has 0 aromatic carbocycles. The van der Waals surface area contributed by atoms with E-state index in [4.69, 9.17) is 17.3 Å². The molecule has 0 saturated heterocycles. The molecule has 2 amide bonds. The molecule has 3 heterocycles. The van der Waals surface area contributed by atoms with Crippen molar-refractivity contribution in [3.8, 4) is 0 Å². The molecule has 118 valence electrons. The maximum absolute atomic E-state index is 12.0. The van der Waals surface area contributed by atoms with Crippen molar-refractivity contribution in [2.24, 2.45) is 5.73 Å². The van der Waals surface area contributed by atoms with E-state index in [2.05, 4.69) is 20.3 Å². The molecule has 0 fully saturated rings. The minimum absolute atomic E-state index is 0.129. The molecule has 0 radical (unpaired) electrons. The Kier molecular flexibility index (Phi) is 4.51. The van der Waals surface area contributed by atoms with Gasteiger partial charge in [-0.2, -0.15) is 0 Å². The van der Waals surface area contributed by atoms with Crippen LogP contribution in [-0.2, 0) is 4.79 Å². The van der Waals surface area contributed by atoms with Crippen molar-refractivity contribution in [1.82, 2.24) is 15.0 Å². The Morgan fingerprint density at radius 1 is 1.48 bits per heavy atom. The molecule has 0 atom stereocenters. The first kappa shape index (κ1) is 15.8. The number of aromatic amines is 1. The van der Waals surface area contributed by atoms with Crippen molar-refractivity contribution in [1.29, 1.82) is 0 Å². The van der Waals surface area contributed by atoms with Crippen molar-refractivity contribution in [3.63, 3.8) is 0 Å². The quantitative estimate of drug-likeness (QED) is 0.599. The van der Waals surface area contributed by atoms with Gasteiger partial charge < -0.3 is 16.0 Å². The summed E-state index contributed by atoms with van der Waals surface area (Å²) in [5.74, 6) is -0.704. The summed E-state index contributed by atoms with van der Waals surface area (Å²) in [4.78, 5) is 34.6. The highest BCUT2D eigenvalue weighted by Gasteiger charge is 2.13. The van der Waals surface area contributed by atoms with Crippen LogP contribution in [0.5, 0.6) is 0 Å². The molecule has 3 rings (SSSR count). The van der Waals surface area contributed by atoms with E-state index in [1.165, 1.54) is 29.3 Å². The van der Waals surface area contributed by atoms with E-state index in [1.54, 1.807) is 17.5 Å². The largest absolute Gasteiger partial charge is 0.366 e. The number of carbonyl (C=O) groups excluding carboxylic acids is 2. The van der Waals surface area contributed by atoms with Gasteiger partial charge in [-0.3, -0.25) is 9.59 Å². The number of amides is 2. The van der Waals surface area contributed by atoms with Gasteiger partial charge in [0.15, 0.2) is 10.8 Å². The number of pyridine rings is 1. The van der Waals surface area contributed by atoms with Gasteiger partial charge in [0, 0.05) is 6.20 Å². The average Bonchev–Trinajstić information content (AvgIpc) is 3.10. The number of thiophene rings is 1. The second-order valence-electron chi connectivity index (χ2n) is 4.43. The molecule has 0 aliphatic carbocycles. The molecule has 0 unspecified atom stereocenters. The van der Waals surface area contributed by atoms with Gasteiger partial charge >= 0.3 is 0 Å². The number of hydrogen-bond donors (Lipinski definition) is 3. The van der Waals surface area contributed by atoms with Gasteiger partial charge in [0.1, 0.15) is 5.00 Å². The lowest BCUT2D eigenvalue weighted by atomic mass is 10.3. The second kappa shape index (κ2) is 6.57. The van der Waals surface area contributed by atoms with Crippen LogP contribution in [0.2, 0.25) is 5.02 Å². The second-order valence-corrected chi connectivity index (χ2v) is 6.75. The van der Waals surface area contributed by atoms with Crippen LogP contribution in [0.15, 0.2) is 28.9 Å². The third kappa shape index (κ3) is 3.63. The van der Waals surface area contributed by atoms with Gasteiger partial charge in [-0.25, -0.2) is 9.97 Å². The highest BCUT2D eigenvalue weighted by atomic mass is 35.5. The zero-order valence-electron chi connectivity index (χ0n) is 11.5. The molecular weight excluding hydrogens is 358 g/mol. The molecule has 3 aromatic heterocycles. The van der Waals surface area contributed by atoms with E-state index in [-0.39, 0.29) is 11.7 Å². The summed E-state index contributed by atoms with van der Waals surface area (Å²) in [5.41, 5.74) is 6.77. The van der Waals surface area contributed by atoms with Crippen LogP contribution in [0.1, 0.15) is 10.4 Å². The van der Waals surface area contributed by atoms with Crippen LogP contribution < -0.4 is 11.1 Å². The van der Waals surface area contributed by atoms with Crippen LogP contribution in [0, 0.1) is 0 Å². The normalized spacial score (nSPS) is 10.8. The topological polar surface area (TPSA) is 114 Å². The van der Waals surface area contributed by atoms with Gasteiger partial charge in [-0.1, -0.05) is 23.4 Å². The lowest BCUT2D eigenvalue weighted by Crippen LogP contribution is -2.17. The number of H-pyrrole nitrogens is 1. The summed E-state index contributed by atoms with van der Waals surface area (Å²) in [6.45, 7) is 0. The Balaban J connectivity index is 1.63. The number of hydrogen-bond acceptors (Lipinski definition) is 6. The zero-order valence-corrected chi connectivity index (χ0v) is 13.9. The van der Waals surface area contributed by atoms with Crippen LogP contribution in [0.3, 0.4) is 0 Å². The van der Waals surface area contributed by atoms with E-state index in [9.17, 15) is 9.59 Å². The van der Waals surface area contributed by atoms with Crippen molar-refractivity contribution in [3.05, 3.63) is 34.3 Å². The zero-order chi connectivity index (χ0) is 16.4. The van der Waals surface area contributed by atoms with E-state index in [0.717, 1.165) is 0 Å². The van der Waals surface area contributed by atoms with Crippen molar-refractivity contribution in [2.45, 2.75) is 5.16 Å². The lowest BCUT2D eigenvalue weighted by molar-refractivity contribution is -0.113. The maximum atomic E-state index is 12.0. The molecule has 0 aliphatic heterocycles. The lowest BCUT2D eigenvalue weighted by Gasteiger charge is -2.03. The van der Waals surface area contributed by atoms with Gasteiger partial charge in [0.05, 0.1) is 21.9 Å². The third-order valence-corrected chi connectivity index (χ3v) is 4.72. The van der Waals surface area contributed by atoms with Crippen molar-refractivity contribution in [2.75, 3.05) is 11.1 Å². The summed E-state index contributed by atoms with van der Waals surface area (Å²) < 4.78 is 0. The number of fused-ring (bicyclic) bond motifs is 1.